The van der Waals surface area contributed by atoms with E-state index in [4.69, 9.17) is 0 Å². The van der Waals surface area contributed by atoms with Crippen molar-refractivity contribution in [1.29, 1.82) is 0 Å². The fourth-order valence-corrected chi connectivity index (χ4v) is 3.67. The number of hydrogen-bond donors (Lipinski definition) is 2. The molecule has 1 atom stereocenters. The molecule has 1 amide bonds. The van der Waals surface area contributed by atoms with Gasteiger partial charge in [0.2, 0.25) is 5.91 Å². The number of nitrogens with one attached hydrogen (secondary N) is 2. The highest BCUT2D eigenvalue weighted by Gasteiger charge is 2.38. The lowest BCUT2D eigenvalue weighted by Gasteiger charge is -2.37. The number of thiophene rings is 1. The molecule has 3 nitrogen and oxygen atoms in total. The topological polar surface area (TPSA) is 41.1 Å². The molecule has 2 N–H and O–H groups in total. The first-order valence-electron chi connectivity index (χ1n) is 7.23. The summed E-state index contributed by atoms with van der Waals surface area (Å²) in [6, 6.07) is 4.25. The van der Waals surface area contributed by atoms with Crippen LogP contribution in [0.2, 0.25) is 0 Å². The fourth-order valence-electron chi connectivity index (χ4n) is 2.93. The van der Waals surface area contributed by atoms with Crippen molar-refractivity contribution >= 4 is 17.2 Å². The van der Waals surface area contributed by atoms with E-state index in [2.05, 4.69) is 35.9 Å². The van der Waals surface area contributed by atoms with Gasteiger partial charge in [-0.05, 0) is 50.7 Å². The van der Waals surface area contributed by atoms with Crippen LogP contribution in [0.25, 0.3) is 0 Å². The van der Waals surface area contributed by atoms with E-state index >= 15 is 0 Å². The van der Waals surface area contributed by atoms with E-state index in [0.29, 0.717) is 0 Å². The highest BCUT2D eigenvalue weighted by atomic mass is 32.1. The van der Waals surface area contributed by atoms with Crippen molar-refractivity contribution in [2.24, 2.45) is 5.41 Å². The molecule has 106 valence electrons. The number of carbonyl (C=O) groups excluding carboxylic acids is 1. The summed E-state index contributed by atoms with van der Waals surface area (Å²) in [5.74, 6) is 0.247. The minimum atomic E-state index is -0.147. The SMILES string of the molecule is CCCC1(C(=O)N[C@@H](C)c2cccs2)CCNCC1. The lowest BCUT2D eigenvalue weighted by Crippen LogP contribution is -2.48. The highest BCUT2D eigenvalue weighted by molar-refractivity contribution is 7.10. The van der Waals surface area contributed by atoms with Crippen LogP contribution in [-0.2, 0) is 4.79 Å². The summed E-state index contributed by atoms with van der Waals surface area (Å²) in [5.41, 5.74) is -0.147. The first kappa shape index (κ1) is 14.5. The van der Waals surface area contributed by atoms with Crippen LogP contribution in [0.4, 0.5) is 0 Å². The Morgan fingerprint density at radius 3 is 2.84 bits per heavy atom. The van der Waals surface area contributed by atoms with Gasteiger partial charge in [0.25, 0.3) is 0 Å². The van der Waals surface area contributed by atoms with Crippen LogP contribution in [0.3, 0.4) is 0 Å². The van der Waals surface area contributed by atoms with Crippen LogP contribution in [0.1, 0.15) is 50.4 Å². The second kappa shape index (κ2) is 6.53. The summed E-state index contributed by atoms with van der Waals surface area (Å²) in [7, 11) is 0. The Morgan fingerprint density at radius 2 is 2.26 bits per heavy atom. The molecule has 0 bridgehead atoms. The Morgan fingerprint density at radius 1 is 1.53 bits per heavy atom. The minimum absolute atomic E-state index is 0.121. The average molecular weight is 280 g/mol. The van der Waals surface area contributed by atoms with E-state index in [1.165, 1.54) is 4.88 Å². The third-order valence-corrected chi connectivity index (χ3v) is 5.14. The molecule has 1 fully saturated rings. The van der Waals surface area contributed by atoms with E-state index < -0.39 is 0 Å². The smallest absolute Gasteiger partial charge is 0.226 e. The lowest BCUT2D eigenvalue weighted by molar-refractivity contribution is -0.133. The summed E-state index contributed by atoms with van der Waals surface area (Å²) in [4.78, 5) is 13.9. The van der Waals surface area contributed by atoms with E-state index in [-0.39, 0.29) is 17.4 Å². The van der Waals surface area contributed by atoms with Crippen molar-refractivity contribution in [2.75, 3.05) is 13.1 Å². The van der Waals surface area contributed by atoms with E-state index in [9.17, 15) is 4.79 Å². The molecule has 1 saturated heterocycles. The van der Waals surface area contributed by atoms with E-state index in [0.717, 1.165) is 38.8 Å². The van der Waals surface area contributed by atoms with Crippen molar-refractivity contribution in [2.45, 2.75) is 45.6 Å². The van der Waals surface area contributed by atoms with Crippen molar-refractivity contribution < 1.29 is 4.79 Å². The van der Waals surface area contributed by atoms with Gasteiger partial charge in [-0.2, -0.15) is 0 Å². The average Bonchev–Trinajstić information content (AvgIpc) is 2.94. The second-order valence-corrected chi connectivity index (χ2v) is 6.47. The van der Waals surface area contributed by atoms with Crippen LogP contribution in [-0.4, -0.2) is 19.0 Å². The van der Waals surface area contributed by atoms with Crippen LogP contribution >= 0.6 is 11.3 Å². The van der Waals surface area contributed by atoms with Gasteiger partial charge in [0, 0.05) is 4.88 Å². The van der Waals surface area contributed by atoms with E-state index in [1.807, 2.05) is 6.07 Å². The zero-order valence-corrected chi connectivity index (χ0v) is 12.7. The Labute approximate surface area is 119 Å². The minimum Gasteiger partial charge on any atom is -0.348 e. The van der Waals surface area contributed by atoms with Gasteiger partial charge in [0.1, 0.15) is 0 Å². The Balaban J connectivity index is 2.03. The van der Waals surface area contributed by atoms with Gasteiger partial charge in [0.05, 0.1) is 11.5 Å². The van der Waals surface area contributed by atoms with Crippen molar-refractivity contribution in [1.82, 2.24) is 10.6 Å². The molecule has 1 aliphatic rings. The molecule has 0 saturated carbocycles. The Bertz CT molecular complexity index is 391. The molecule has 1 aromatic heterocycles. The quantitative estimate of drug-likeness (QED) is 0.870. The first-order valence-corrected chi connectivity index (χ1v) is 8.11. The van der Waals surface area contributed by atoms with Gasteiger partial charge in [-0.25, -0.2) is 0 Å². The molecule has 0 aliphatic carbocycles. The summed E-state index contributed by atoms with van der Waals surface area (Å²) in [6.45, 7) is 6.16. The number of hydrogen-bond acceptors (Lipinski definition) is 3. The number of amides is 1. The maximum absolute atomic E-state index is 12.7. The molecule has 2 rings (SSSR count). The largest absolute Gasteiger partial charge is 0.348 e. The lowest BCUT2D eigenvalue weighted by atomic mass is 9.74. The molecule has 1 aromatic rings. The predicted octanol–water partition coefficient (Wildman–Crippen LogP) is 3.10. The number of carbonyl (C=O) groups is 1. The van der Waals surface area contributed by atoms with Crippen LogP contribution in [0.5, 0.6) is 0 Å². The third-order valence-electron chi connectivity index (χ3n) is 4.09. The molecule has 19 heavy (non-hydrogen) atoms. The first-order chi connectivity index (χ1) is 9.18. The number of piperidine rings is 1. The molecular formula is C15H24N2OS. The molecule has 0 aromatic carbocycles. The predicted molar refractivity (Wildman–Crippen MR) is 80.3 cm³/mol. The Hall–Kier alpha value is -0.870. The van der Waals surface area contributed by atoms with Crippen LogP contribution in [0.15, 0.2) is 17.5 Å². The fraction of sp³-hybridized carbons (Fsp3) is 0.667. The van der Waals surface area contributed by atoms with E-state index in [1.54, 1.807) is 11.3 Å². The van der Waals surface area contributed by atoms with Crippen molar-refractivity contribution in [3.05, 3.63) is 22.4 Å². The third kappa shape index (κ3) is 3.37. The maximum Gasteiger partial charge on any atom is 0.226 e. The molecule has 0 radical (unpaired) electrons. The second-order valence-electron chi connectivity index (χ2n) is 5.49. The summed E-state index contributed by atoms with van der Waals surface area (Å²) >= 11 is 1.70. The van der Waals surface area contributed by atoms with Gasteiger partial charge >= 0.3 is 0 Å². The molecular weight excluding hydrogens is 256 g/mol. The summed E-state index contributed by atoms with van der Waals surface area (Å²) in [5, 5.41) is 8.64. The van der Waals surface area contributed by atoms with Gasteiger partial charge in [-0.3, -0.25) is 4.79 Å². The zero-order valence-electron chi connectivity index (χ0n) is 11.9. The molecule has 2 heterocycles. The van der Waals surface area contributed by atoms with Crippen LogP contribution in [0, 0.1) is 5.41 Å². The monoisotopic (exact) mass is 280 g/mol. The number of rotatable bonds is 5. The van der Waals surface area contributed by atoms with Gasteiger partial charge in [0.15, 0.2) is 0 Å². The molecule has 1 aliphatic heterocycles. The molecule has 0 unspecified atom stereocenters. The van der Waals surface area contributed by atoms with Crippen LogP contribution < -0.4 is 10.6 Å². The summed E-state index contributed by atoms with van der Waals surface area (Å²) < 4.78 is 0. The van der Waals surface area contributed by atoms with Crippen molar-refractivity contribution in [3.8, 4) is 0 Å². The van der Waals surface area contributed by atoms with Gasteiger partial charge < -0.3 is 10.6 Å². The molecule has 0 spiro atoms. The van der Waals surface area contributed by atoms with Gasteiger partial charge in [-0.1, -0.05) is 19.4 Å². The molecule has 4 heteroatoms. The highest BCUT2D eigenvalue weighted by Crippen LogP contribution is 2.35. The summed E-state index contributed by atoms with van der Waals surface area (Å²) in [6.07, 6.45) is 3.99. The zero-order chi connectivity index (χ0) is 13.7. The van der Waals surface area contributed by atoms with Crippen molar-refractivity contribution in [3.63, 3.8) is 0 Å². The van der Waals surface area contributed by atoms with Gasteiger partial charge in [-0.15, -0.1) is 11.3 Å². The Kier molecular flexibility index (Phi) is 4.99. The maximum atomic E-state index is 12.7. The standard InChI is InChI=1S/C15H24N2OS/c1-3-6-15(7-9-16-10-8-15)14(18)17-12(2)13-5-4-11-19-13/h4-5,11-12,16H,3,6-10H2,1-2H3,(H,17,18)/t12-/m0/s1. The normalized spacial score (nSPS) is 19.9.